The summed E-state index contributed by atoms with van der Waals surface area (Å²) in [5.41, 5.74) is 1.89. The molecule has 0 saturated heterocycles. The molecule has 98 valence electrons. The molecule has 3 aromatic rings. The summed E-state index contributed by atoms with van der Waals surface area (Å²) in [6.07, 6.45) is 1.71. The number of benzene rings is 1. The Morgan fingerprint density at radius 2 is 2.26 bits per heavy atom. The summed E-state index contributed by atoms with van der Waals surface area (Å²) in [6, 6.07) is 5.57. The Hall–Kier alpha value is -1.59. The van der Waals surface area contributed by atoms with E-state index < -0.39 is 0 Å². The van der Waals surface area contributed by atoms with Gasteiger partial charge in [-0.25, -0.2) is 4.98 Å². The van der Waals surface area contributed by atoms with Crippen LogP contribution in [0.15, 0.2) is 28.8 Å². The normalized spacial score (nSPS) is 13.0. The lowest BCUT2D eigenvalue weighted by Gasteiger charge is -2.10. The summed E-state index contributed by atoms with van der Waals surface area (Å²) in [5, 5.41) is 0.676. The molecule has 19 heavy (non-hydrogen) atoms. The summed E-state index contributed by atoms with van der Waals surface area (Å²) < 4.78 is 8.18. The van der Waals surface area contributed by atoms with Crippen LogP contribution in [0.1, 0.15) is 24.6 Å². The maximum absolute atomic E-state index is 5.99. The van der Waals surface area contributed by atoms with Gasteiger partial charge in [0.15, 0.2) is 4.77 Å². The molecule has 0 radical (unpaired) electrons. The first-order chi connectivity index (χ1) is 9.06. The van der Waals surface area contributed by atoms with Crippen molar-refractivity contribution < 1.29 is 4.42 Å². The van der Waals surface area contributed by atoms with Crippen LogP contribution in [-0.4, -0.2) is 14.5 Å². The summed E-state index contributed by atoms with van der Waals surface area (Å²) >= 11 is 11.4. The number of halogens is 1. The molecule has 1 atom stereocenters. The van der Waals surface area contributed by atoms with Crippen molar-refractivity contribution in [1.29, 1.82) is 0 Å². The third-order valence-electron chi connectivity index (χ3n) is 3.06. The number of oxazole rings is 1. The number of aromatic nitrogens is 3. The van der Waals surface area contributed by atoms with Gasteiger partial charge in [-0.1, -0.05) is 11.6 Å². The van der Waals surface area contributed by atoms with Gasteiger partial charge in [-0.05, 0) is 44.3 Å². The average Bonchev–Trinajstić information content (AvgIpc) is 2.91. The van der Waals surface area contributed by atoms with Gasteiger partial charge in [-0.15, -0.1) is 0 Å². The summed E-state index contributed by atoms with van der Waals surface area (Å²) in [7, 11) is 0. The number of aryl methyl sites for hydroxylation is 1. The van der Waals surface area contributed by atoms with Crippen LogP contribution in [0.2, 0.25) is 5.02 Å². The van der Waals surface area contributed by atoms with Crippen molar-refractivity contribution >= 4 is 34.9 Å². The monoisotopic (exact) mass is 293 g/mol. The zero-order valence-corrected chi connectivity index (χ0v) is 12.0. The van der Waals surface area contributed by atoms with Gasteiger partial charge in [0.25, 0.3) is 0 Å². The fraction of sp³-hybridized carbons (Fsp3) is 0.231. The van der Waals surface area contributed by atoms with Crippen LogP contribution in [0.25, 0.3) is 11.0 Å². The Labute approximate surface area is 120 Å². The average molecular weight is 294 g/mol. The van der Waals surface area contributed by atoms with Gasteiger partial charge < -0.3 is 14.0 Å². The van der Waals surface area contributed by atoms with Crippen LogP contribution in [0.4, 0.5) is 0 Å². The van der Waals surface area contributed by atoms with Crippen molar-refractivity contribution in [2.45, 2.75) is 19.9 Å². The molecule has 2 heterocycles. The fourth-order valence-corrected chi connectivity index (χ4v) is 2.70. The third kappa shape index (κ3) is 2.09. The standard InChI is InChI=1S/C13H12ClN3OS/c1-7-6-15-12(18-7)8(2)17-11-4-3-9(14)5-10(11)16-13(17)19/h3-6,8H,1-2H3,(H,16,19). The third-order valence-corrected chi connectivity index (χ3v) is 3.60. The zero-order valence-electron chi connectivity index (χ0n) is 10.5. The molecule has 1 aromatic carbocycles. The number of rotatable bonds is 2. The van der Waals surface area contributed by atoms with Crippen LogP contribution in [0, 0.1) is 11.7 Å². The Kier molecular flexibility index (Phi) is 2.95. The molecule has 0 fully saturated rings. The highest BCUT2D eigenvalue weighted by atomic mass is 35.5. The molecule has 2 aromatic heterocycles. The topological polar surface area (TPSA) is 46.8 Å². The number of hydrogen-bond acceptors (Lipinski definition) is 3. The van der Waals surface area contributed by atoms with E-state index in [0.717, 1.165) is 16.8 Å². The molecule has 6 heteroatoms. The molecule has 0 spiro atoms. The largest absolute Gasteiger partial charge is 0.444 e. The minimum Gasteiger partial charge on any atom is -0.444 e. The van der Waals surface area contributed by atoms with E-state index >= 15 is 0 Å². The number of fused-ring (bicyclic) bond motifs is 1. The SMILES string of the molecule is Cc1cnc(C(C)n2c(=S)[nH]c3cc(Cl)ccc32)o1. The van der Waals surface area contributed by atoms with Crippen LogP contribution < -0.4 is 0 Å². The zero-order chi connectivity index (χ0) is 13.6. The maximum atomic E-state index is 5.99. The first-order valence-corrected chi connectivity index (χ1v) is 6.67. The fourth-order valence-electron chi connectivity index (χ4n) is 2.16. The van der Waals surface area contributed by atoms with E-state index in [9.17, 15) is 0 Å². The maximum Gasteiger partial charge on any atom is 0.217 e. The van der Waals surface area contributed by atoms with Crippen molar-refractivity contribution in [2.24, 2.45) is 0 Å². The van der Waals surface area contributed by atoms with Gasteiger partial charge in [0.1, 0.15) is 11.8 Å². The number of hydrogen-bond donors (Lipinski definition) is 1. The molecular weight excluding hydrogens is 282 g/mol. The predicted molar refractivity (Wildman–Crippen MR) is 77.2 cm³/mol. The summed E-state index contributed by atoms with van der Waals surface area (Å²) in [5.74, 6) is 1.43. The molecule has 0 aliphatic carbocycles. The van der Waals surface area contributed by atoms with Crippen LogP contribution >= 0.6 is 23.8 Å². The number of nitrogens with zero attached hydrogens (tertiary/aromatic N) is 2. The van der Waals surface area contributed by atoms with Crippen molar-refractivity contribution in [3.63, 3.8) is 0 Å². The van der Waals surface area contributed by atoms with Crippen molar-refractivity contribution in [1.82, 2.24) is 14.5 Å². The molecule has 0 bridgehead atoms. The van der Waals surface area contributed by atoms with Crippen molar-refractivity contribution in [3.8, 4) is 0 Å². The highest BCUT2D eigenvalue weighted by Gasteiger charge is 2.17. The molecule has 1 N–H and O–H groups in total. The minimum absolute atomic E-state index is 0.0730. The van der Waals surface area contributed by atoms with E-state index in [1.165, 1.54) is 0 Å². The Balaban J connectivity index is 2.19. The lowest BCUT2D eigenvalue weighted by Crippen LogP contribution is -2.07. The van der Waals surface area contributed by atoms with Gasteiger partial charge in [0.05, 0.1) is 17.2 Å². The van der Waals surface area contributed by atoms with Crippen molar-refractivity contribution in [3.05, 3.63) is 45.8 Å². The Bertz CT molecular complexity index is 802. The predicted octanol–water partition coefficient (Wildman–Crippen LogP) is 4.26. The highest BCUT2D eigenvalue weighted by molar-refractivity contribution is 7.71. The number of H-pyrrole nitrogens is 1. The molecule has 0 aliphatic rings. The quantitative estimate of drug-likeness (QED) is 0.718. The van der Waals surface area contributed by atoms with E-state index in [0.29, 0.717) is 15.7 Å². The van der Waals surface area contributed by atoms with E-state index in [-0.39, 0.29) is 6.04 Å². The summed E-state index contributed by atoms with van der Waals surface area (Å²) in [4.78, 5) is 7.41. The van der Waals surface area contributed by atoms with Gasteiger partial charge >= 0.3 is 0 Å². The second-order valence-electron chi connectivity index (χ2n) is 4.45. The molecule has 0 saturated carbocycles. The smallest absolute Gasteiger partial charge is 0.217 e. The van der Waals surface area contributed by atoms with Crippen LogP contribution in [-0.2, 0) is 0 Å². The van der Waals surface area contributed by atoms with E-state index in [4.69, 9.17) is 28.2 Å². The van der Waals surface area contributed by atoms with Gasteiger partial charge in [0.2, 0.25) is 5.89 Å². The Morgan fingerprint density at radius 3 is 2.95 bits per heavy atom. The van der Waals surface area contributed by atoms with E-state index in [2.05, 4.69) is 9.97 Å². The number of nitrogens with one attached hydrogen (secondary N) is 1. The molecular formula is C13H12ClN3OS. The van der Waals surface area contributed by atoms with E-state index in [1.54, 1.807) is 6.20 Å². The number of imidazole rings is 1. The van der Waals surface area contributed by atoms with Gasteiger partial charge in [0, 0.05) is 5.02 Å². The number of aromatic amines is 1. The second kappa shape index (κ2) is 4.51. The lowest BCUT2D eigenvalue weighted by atomic mass is 10.3. The van der Waals surface area contributed by atoms with Crippen LogP contribution in [0.3, 0.4) is 0 Å². The lowest BCUT2D eigenvalue weighted by molar-refractivity contribution is 0.417. The minimum atomic E-state index is -0.0730. The highest BCUT2D eigenvalue weighted by Crippen LogP contribution is 2.25. The first kappa shape index (κ1) is 12.4. The molecule has 3 rings (SSSR count). The Morgan fingerprint density at radius 1 is 1.47 bits per heavy atom. The molecule has 0 amide bonds. The first-order valence-electron chi connectivity index (χ1n) is 5.88. The van der Waals surface area contributed by atoms with Crippen LogP contribution in [0.5, 0.6) is 0 Å². The second-order valence-corrected chi connectivity index (χ2v) is 5.27. The van der Waals surface area contributed by atoms with Gasteiger partial charge in [-0.3, -0.25) is 0 Å². The van der Waals surface area contributed by atoms with E-state index in [1.807, 2.05) is 36.6 Å². The molecule has 1 unspecified atom stereocenters. The van der Waals surface area contributed by atoms with Crippen molar-refractivity contribution in [2.75, 3.05) is 0 Å². The molecule has 0 aliphatic heterocycles. The van der Waals surface area contributed by atoms with Gasteiger partial charge in [-0.2, -0.15) is 0 Å². The molecule has 4 nitrogen and oxygen atoms in total. The summed E-state index contributed by atoms with van der Waals surface area (Å²) in [6.45, 7) is 3.88.